The van der Waals surface area contributed by atoms with Crippen LogP contribution >= 0.6 is 11.3 Å². The Bertz CT molecular complexity index is 819. The average Bonchev–Trinajstić information content (AvgIpc) is 3.04. The topological polar surface area (TPSA) is 62.2 Å². The molecule has 0 fully saturated rings. The summed E-state index contributed by atoms with van der Waals surface area (Å²) in [5.74, 6) is -0.635. The summed E-state index contributed by atoms with van der Waals surface area (Å²) in [6.45, 7) is 0. The fourth-order valence-corrected chi connectivity index (χ4v) is 3.01. The van der Waals surface area contributed by atoms with Gasteiger partial charge in [-0.2, -0.15) is 0 Å². The summed E-state index contributed by atoms with van der Waals surface area (Å²) in [4.78, 5) is 16.4. The Morgan fingerprint density at radius 2 is 1.88 bits per heavy atom. The molecule has 0 radical (unpaired) electrons. The molecular weight excluding hydrogens is 327 g/mol. The van der Waals surface area contributed by atoms with Gasteiger partial charge in [-0.05, 0) is 29.8 Å². The minimum atomic E-state index is -0.867. The van der Waals surface area contributed by atoms with E-state index in [1.807, 2.05) is 18.2 Å². The van der Waals surface area contributed by atoms with Gasteiger partial charge in [-0.3, -0.25) is 4.79 Å². The predicted octanol–water partition coefficient (Wildman–Crippen LogP) is 4.01. The van der Waals surface area contributed by atoms with Crippen LogP contribution in [0.3, 0.4) is 0 Å². The molecule has 0 aliphatic heterocycles. The van der Waals surface area contributed by atoms with Crippen LogP contribution < -0.4 is 5.32 Å². The highest BCUT2D eigenvalue weighted by Crippen LogP contribution is 2.31. The second-order valence-electron chi connectivity index (χ2n) is 5.22. The molecule has 0 bridgehead atoms. The zero-order chi connectivity index (χ0) is 16.9. The molecule has 2 aromatic carbocycles. The van der Waals surface area contributed by atoms with E-state index in [1.165, 1.54) is 23.5 Å². The third-order valence-electron chi connectivity index (χ3n) is 3.50. The summed E-state index contributed by atoms with van der Waals surface area (Å²) in [6.07, 6.45) is -0.918. The molecule has 1 aromatic heterocycles. The number of nitrogens with zero attached hydrogens (tertiary/aromatic N) is 1. The average molecular weight is 342 g/mol. The molecule has 24 heavy (non-hydrogen) atoms. The van der Waals surface area contributed by atoms with Gasteiger partial charge in [-0.25, -0.2) is 9.37 Å². The summed E-state index contributed by atoms with van der Waals surface area (Å²) in [7, 11) is 0. The molecule has 1 amide bonds. The largest absolute Gasteiger partial charge is 0.388 e. The third kappa shape index (κ3) is 3.84. The summed E-state index contributed by atoms with van der Waals surface area (Å²) >= 11 is 1.28. The molecule has 0 aliphatic rings. The van der Waals surface area contributed by atoms with E-state index in [4.69, 9.17) is 0 Å². The maximum Gasteiger partial charge on any atom is 0.227 e. The molecule has 4 nitrogen and oxygen atoms in total. The molecule has 3 aromatic rings. The smallest absolute Gasteiger partial charge is 0.227 e. The number of rotatable bonds is 5. The Hall–Kier alpha value is -2.57. The maximum atomic E-state index is 13.0. The molecule has 1 unspecified atom stereocenters. The van der Waals surface area contributed by atoms with Crippen molar-refractivity contribution >= 4 is 22.2 Å². The quantitative estimate of drug-likeness (QED) is 0.736. The van der Waals surface area contributed by atoms with Crippen LogP contribution in [0.2, 0.25) is 0 Å². The Morgan fingerprint density at radius 3 is 2.58 bits per heavy atom. The Kier molecular flexibility index (Phi) is 4.98. The lowest BCUT2D eigenvalue weighted by molar-refractivity contribution is -0.118. The van der Waals surface area contributed by atoms with Crippen LogP contribution in [0.25, 0.3) is 11.3 Å². The SMILES string of the molecule is O=C(CC(O)c1ccccc1)Nc1scnc1-c1ccc(F)cc1. The minimum Gasteiger partial charge on any atom is -0.388 e. The van der Waals surface area contributed by atoms with Crippen LogP contribution in [0.4, 0.5) is 9.39 Å². The Balaban J connectivity index is 1.69. The number of hydrogen-bond donors (Lipinski definition) is 2. The molecule has 6 heteroatoms. The van der Waals surface area contributed by atoms with Crippen molar-refractivity contribution in [1.29, 1.82) is 0 Å². The lowest BCUT2D eigenvalue weighted by Crippen LogP contribution is -2.15. The van der Waals surface area contributed by atoms with E-state index < -0.39 is 6.10 Å². The van der Waals surface area contributed by atoms with E-state index in [2.05, 4.69) is 10.3 Å². The van der Waals surface area contributed by atoms with Crippen LogP contribution in [-0.2, 0) is 4.79 Å². The van der Waals surface area contributed by atoms with Gasteiger partial charge < -0.3 is 10.4 Å². The standard InChI is InChI=1S/C18H15FN2O2S/c19-14-8-6-13(7-9-14)17-18(24-11-20-17)21-16(23)10-15(22)12-4-2-1-3-5-12/h1-9,11,15,22H,10H2,(H,21,23). The van der Waals surface area contributed by atoms with Gasteiger partial charge in [0.25, 0.3) is 0 Å². The van der Waals surface area contributed by atoms with Crippen molar-refractivity contribution in [1.82, 2.24) is 4.98 Å². The van der Waals surface area contributed by atoms with Crippen LogP contribution in [0.5, 0.6) is 0 Å². The molecule has 0 spiro atoms. The van der Waals surface area contributed by atoms with E-state index in [9.17, 15) is 14.3 Å². The maximum absolute atomic E-state index is 13.0. The van der Waals surface area contributed by atoms with Gasteiger partial charge in [0.2, 0.25) is 5.91 Å². The van der Waals surface area contributed by atoms with Gasteiger partial charge in [-0.1, -0.05) is 30.3 Å². The normalized spacial score (nSPS) is 11.9. The number of aliphatic hydroxyl groups is 1. The van der Waals surface area contributed by atoms with Crippen molar-refractivity contribution in [3.8, 4) is 11.3 Å². The Labute approximate surface area is 142 Å². The van der Waals surface area contributed by atoms with Crippen LogP contribution in [-0.4, -0.2) is 16.0 Å². The Morgan fingerprint density at radius 1 is 1.17 bits per heavy atom. The molecule has 3 rings (SSSR count). The lowest BCUT2D eigenvalue weighted by Gasteiger charge is -2.11. The molecule has 122 valence electrons. The number of nitrogens with one attached hydrogen (secondary N) is 1. The number of hydrogen-bond acceptors (Lipinski definition) is 4. The van der Waals surface area contributed by atoms with Gasteiger partial charge in [0.1, 0.15) is 16.5 Å². The number of thiazole rings is 1. The van der Waals surface area contributed by atoms with Crippen LogP contribution in [0, 0.1) is 5.82 Å². The van der Waals surface area contributed by atoms with E-state index in [1.54, 1.807) is 29.8 Å². The predicted molar refractivity (Wildman–Crippen MR) is 92.2 cm³/mol. The molecule has 0 saturated carbocycles. The van der Waals surface area contributed by atoms with Crippen molar-refractivity contribution in [3.05, 3.63) is 71.5 Å². The van der Waals surface area contributed by atoms with Crippen molar-refractivity contribution in [2.75, 3.05) is 5.32 Å². The molecule has 0 saturated heterocycles. The second kappa shape index (κ2) is 7.33. The van der Waals surface area contributed by atoms with E-state index in [0.29, 0.717) is 16.3 Å². The fraction of sp³-hybridized carbons (Fsp3) is 0.111. The summed E-state index contributed by atoms with van der Waals surface area (Å²) in [6, 6.07) is 14.9. The van der Waals surface area contributed by atoms with Crippen LogP contribution in [0.15, 0.2) is 60.1 Å². The number of carbonyl (C=O) groups is 1. The van der Waals surface area contributed by atoms with Gasteiger partial charge in [0.15, 0.2) is 0 Å². The highest BCUT2D eigenvalue weighted by Gasteiger charge is 2.16. The number of aliphatic hydroxyl groups excluding tert-OH is 1. The van der Waals surface area contributed by atoms with Crippen molar-refractivity contribution in [2.45, 2.75) is 12.5 Å². The number of anilines is 1. The van der Waals surface area contributed by atoms with Crippen molar-refractivity contribution in [2.24, 2.45) is 0 Å². The van der Waals surface area contributed by atoms with Gasteiger partial charge in [0, 0.05) is 5.56 Å². The van der Waals surface area contributed by atoms with Crippen molar-refractivity contribution in [3.63, 3.8) is 0 Å². The van der Waals surface area contributed by atoms with Crippen molar-refractivity contribution < 1.29 is 14.3 Å². The summed E-state index contributed by atoms with van der Waals surface area (Å²) in [5.41, 5.74) is 3.61. The van der Waals surface area contributed by atoms with E-state index in [0.717, 1.165) is 5.56 Å². The third-order valence-corrected chi connectivity index (χ3v) is 4.24. The molecule has 1 atom stereocenters. The highest BCUT2D eigenvalue weighted by atomic mass is 32.1. The number of benzene rings is 2. The molecule has 2 N–H and O–H groups in total. The first kappa shape index (κ1) is 16.3. The van der Waals surface area contributed by atoms with E-state index in [-0.39, 0.29) is 18.1 Å². The summed E-state index contributed by atoms with van der Waals surface area (Å²) < 4.78 is 13.0. The number of carbonyl (C=O) groups excluding carboxylic acids is 1. The summed E-state index contributed by atoms with van der Waals surface area (Å²) in [5, 5.41) is 13.5. The van der Waals surface area contributed by atoms with E-state index >= 15 is 0 Å². The minimum absolute atomic E-state index is 0.0508. The lowest BCUT2D eigenvalue weighted by atomic mass is 10.1. The molecule has 1 heterocycles. The number of halogens is 1. The zero-order valence-corrected chi connectivity index (χ0v) is 13.5. The first-order valence-electron chi connectivity index (χ1n) is 7.36. The monoisotopic (exact) mass is 342 g/mol. The van der Waals surface area contributed by atoms with Crippen LogP contribution in [0.1, 0.15) is 18.1 Å². The highest BCUT2D eigenvalue weighted by molar-refractivity contribution is 7.14. The zero-order valence-electron chi connectivity index (χ0n) is 12.6. The molecular formula is C18H15FN2O2S. The fourth-order valence-electron chi connectivity index (χ4n) is 2.29. The molecule has 0 aliphatic carbocycles. The van der Waals surface area contributed by atoms with Gasteiger partial charge in [-0.15, -0.1) is 11.3 Å². The number of aromatic nitrogens is 1. The first-order chi connectivity index (χ1) is 11.6. The first-order valence-corrected chi connectivity index (χ1v) is 8.24. The van der Waals surface area contributed by atoms with Gasteiger partial charge >= 0.3 is 0 Å². The van der Waals surface area contributed by atoms with Gasteiger partial charge in [0.05, 0.1) is 18.0 Å². The second-order valence-corrected chi connectivity index (χ2v) is 6.07. The number of amides is 1.